The molecule has 0 aliphatic carbocycles. The molecule has 0 saturated heterocycles. The average Bonchev–Trinajstić information content (AvgIpc) is 2.60. The normalized spacial score (nSPS) is 11.8. The van der Waals surface area contributed by atoms with E-state index in [0.717, 1.165) is 11.4 Å². The van der Waals surface area contributed by atoms with Crippen LogP contribution in [0.3, 0.4) is 0 Å². The van der Waals surface area contributed by atoms with Crippen LogP contribution in [0, 0.1) is 13.8 Å². The Bertz CT molecular complexity index is 793. The molecule has 1 nitrogen and oxygen atoms in total. The van der Waals surface area contributed by atoms with Gasteiger partial charge in [-0.05, 0) is 49.1 Å². The maximum atomic E-state index is 4.99. The molecule has 3 rings (SSSR count). The van der Waals surface area contributed by atoms with Gasteiger partial charge in [-0.15, -0.1) is 0 Å². The second-order valence-corrected chi connectivity index (χ2v) is 6.30. The fourth-order valence-electron chi connectivity index (χ4n) is 3.06. The number of benzene rings is 3. The van der Waals surface area contributed by atoms with Crippen LogP contribution in [-0.4, -0.2) is 5.71 Å². The van der Waals surface area contributed by atoms with Gasteiger partial charge in [0.05, 0.1) is 5.69 Å². The molecule has 0 aliphatic rings. The first-order valence-corrected chi connectivity index (χ1v) is 8.37. The van der Waals surface area contributed by atoms with Crippen LogP contribution in [-0.2, 0) is 0 Å². The topological polar surface area (TPSA) is 12.4 Å². The molecule has 0 bridgehead atoms. The molecule has 3 aromatic rings. The Morgan fingerprint density at radius 3 is 1.83 bits per heavy atom. The molecular weight excluding hydrogens is 290 g/mol. The molecule has 120 valence electrons. The van der Waals surface area contributed by atoms with E-state index < -0.39 is 0 Å². The summed E-state index contributed by atoms with van der Waals surface area (Å²) in [6, 6.07) is 27.6. The number of hydrogen-bond acceptors (Lipinski definition) is 1. The summed E-state index contributed by atoms with van der Waals surface area (Å²) in [4.78, 5) is 4.99. The van der Waals surface area contributed by atoms with Gasteiger partial charge in [-0.2, -0.15) is 0 Å². The lowest BCUT2D eigenvalue weighted by molar-refractivity contribution is 1.06. The van der Waals surface area contributed by atoms with Crippen molar-refractivity contribution in [1.82, 2.24) is 0 Å². The highest BCUT2D eigenvalue weighted by Crippen LogP contribution is 2.29. The van der Waals surface area contributed by atoms with Crippen LogP contribution in [0.1, 0.15) is 35.1 Å². The van der Waals surface area contributed by atoms with Crippen molar-refractivity contribution in [1.29, 1.82) is 0 Å². The highest BCUT2D eigenvalue weighted by atomic mass is 14.8. The zero-order valence-electron chi connectivity index (χ0n) is 14.5. The molecule has 0 fully saturated rings. The smallest absolute Gasteiger partial charge is 0.0661 e. The Balaban J connectivity index is 2.08. The Kier molecular flexibility index (Phi) is 4.90. The van der Waals surface area contributed by atoms with Gasteiger partial charge in [0.25, 0.3) is 0 Å². The lowest BCUT2D eigenvalue weighted by atomic mass is 9.87. The van der Waals surface area contributed by atoms with Crippen LogP contribution in [0.4, 0.5) is 5.69 Å². The van der Waals surface area contributed by atoms with Crippen LogP contribution < -0.4 is 0 Å². The van der Waals surface area contributed by atoms with Crippen molar-refractivity contribution < 1.29 is 0 Å². The van der Waals surface area contributed by atoms with Crippen molar-refractivity contribution in [2.45, 2.75) is 26.7 Å². The lowest BCUT2D eigenvalue weighted by Gasteiger charge is -2.18. The molecule has 0 saturated carbocycles. The van der Waals surface area contributed by atoms with E-state index in [9.17, 15) is 0 Å². The van der Waals surface area contributed by atoms with Crippen LogP contribution in [0.5, 0.6) is 0 Å². The number of hydrogen-bond donors (Lipinski definition) is 0. The predicted octanol–water partition coefficient (Wildman–Crippen LogP) is 6.23. The molecule has 3 aromatic carbocycles. The van der Waals surface area contributed by atoms with Gasteiger partial charge in [-0.1, -0.05) is 72.8 Å². The summed E-state index contributed by atoms with van der Waals surface area (Å²) in [6.45, 7) is 6.36. The second kappa shape index (κ2) is 7.27. The first-order chi connectivity index (χ1) is 11.6. The van der Waals surface area contributed by atoms with E-state index in [-0.39, 0.29) is 5.92 Å². The van der Waals surface area contributed by atoms with Crippen molar-refractivity contribution in [3.8, 4) is 0 Å². The minimum absolute atomic E-state index is 0.173. The lowest BCUT2D eigenvalue weighted by Crippen LogP contribution is -2.11. The summed E-state index contributed by atoms with van der Waals surface area (Å²) in [5.74, 6) is 0.173. The molecule has 0 aromatic heterocycles. The average molecular weight is 313 g/mol. The van der Waals surface area contributed by atoms with E-state index >= 15 is 0 Å². The van der Waals surface area contributed by atoms with Crippen molar-refractivity contribution in [2.75, 3.05) is 0 Å². The SMILES string of the molecule is CC(=Nc1cc(C)ccc1C)C(c1ccccc1)c1ccccc1. The standard InChI is InChI=1S/C23H23N/c1-17-14-15-18(2)22(16-17)24-19(3)23(20-10-6-4-7-11-20)21-12-8-5-9-13-21/h4-16,23H,1-3H3. The molecule has 0 atom stereocenters. The van der Waals surface area contributed by atoms with E-state index in [2.05, 4.69) is 99.6 Å². The van der Waals surface area contributed by atoms with Gasteiger partial charge in [0.15, 0.2) is 0 Å². The number of rotatable bonds is 4. The monoisotopic (exact) mass is 313 g/mol. The molecule has 0 spiro atoms. The summed E-state index contributed by atoms with van der Waals surface area (Å²) in [5, 5.41) is 0. The Hall–Kier alpha value is -2.67. The number of nitrogens with zero attached hydrogens (tertiary/aromatic N) is 1. The van der Waals surface area contributed by atoms with E-state index in [1.807, 2.05) is 0 Å². The van der Waals surface area contributed by atoms with Crippen LogP contribution >= 0.6 is 0 Å². The van der Waals surface area contributed by atoms with Crippen LogP contribution in [0.2, 0.25) is 0 Å². The van der Waals surface area contributed by atoms with Gasteiger partial charge >= 0.3 is 0 Å². The van der Waals surface area contributed by atoms with Gasteiger partial charge in [-0.3, -0.25) is 4.99 Å². The fraction of sp³-hybridized carbons (Fsp3) is 0.174. The third kappa shape index (κ3) is 3.62. The van der Waals surface area contributed by atoms with Crippen molar-refractivity contribution >= 4 is 11.4 Å². The summed E-state index contributed by atoms with van der Waals surface area (Å²) < 4.78 is 0. The number of aryl methyl sites for hydroxylation is 2. The number of aliphatic imine (C=N–C) groups is 1. The molecule has 0 N–H and O–H groups in total. The van der Waals surface area contributed by atoms with Gasteiger partial charge < -0.3 is 0 Å². The molecular formula is C23H23N. The minimum Gasteiger partial charge on any atom is -0.257 e. The first kappa shape index (κ1) is 16.2. The third-order valence-electron chi connectivity index (χ3n) is 4.35. The van der Waals surface area contributed by atoms with Crippen molar-refractivity contribution in [2.24, 2.45) is 4.99 Å². The van der Waals surface area contributed by atoms with E-state index in [1.54, 1.807) is 0 Å². The predicted molar refractivity (Wildman–Crippen MR) is 103 cm³/mol. The van der Waals surface area contributed by atoms with Crippen molar-refractivity contribution in [3.63, 3.8) is 0 Å². The highest BCUT2D eigenvalue weighted by Gasteiger charge is 2.17. The quantitative estimate of drug-likeness (QED) is 0.506. The summed E-state index contributed by atoms with van der Waals surface area (Å²) in [7, 11) is 0. The maximum absolute atomic E-state index is 4.99. The fourth-order valence-corrected chi connectivity index (χ4v) is 3.06. The molecule has 0 aliphatic heterocycles. The summed E-state index contributed by atoms with van der Waals surface area (Å²) in [5.41, 5.74) is 7.17. The summed E-state index contributed by atoms with van der Waals surface area (Å²) in [6.07, 6.45) is 0. The maximum Gasteiger partial charge on any atom is 0.0661 e. The zero-order valence-corrected chi connectivity index (χ0v) is 14.5. The molecule has 1 heteroatoms. The third-order valence-corrected chi connectivity index (χ3v) is 4.35. The van der Waals surface area contributed by atoms with E-state index in [1.165, 1.54) is 22.3 Å². The second-order valence-electron chi connectivity index (χ2n) is 6.30. The molecule has 0 radical (unpaired) electrons. The van der Waals surface area contributed by atoms with Gasteiger partial charge in [0.1, 0.15) is 0 Å². The largest absolute Gasteiger partial charge is 0.257 e. The summed E-state index contributed by atoms with van der Waals surface area (Å²) >= 11 is 0. The van der Waals surface area contributed by atoms with Gasteiger partial charge in [0, 0.05) is 11.6 Å². The van der Waals surface area contributed by atoms with E-state index in [4.69, 9.17) is 4.99 Å². The molecule has 24 heavy (non-hydrogen) atoms. The van der Waals surface area contributed by atoms with Crippen LogP contribution in [0.25, 0.3) is 0 Å². The van der Waals surface area contributed by atoms with Gasteiger partial charge in [0.2, 0.25) is 0 Å². The Labute approximate surface area is 144 Å². The minimum atomic E-state index is 0.173. The molecule has 0 heterocycles. The van der Waals surface area contributed by atoms with Gasteiger partial charge in [-0.25, -0.2) is 0 Å². The van der Waals surface area contributed by atoms with E-state index in [0.29, 0.717) is 0 Å². The Morgan fingerprint density at radius 2 is 1.29 bits per heavy atom. The van der Waals surface area contributed by atoms with Crippen molar-refractivity contribution in [3.05, 3.63) is 101 Å². The first-order valence-electron chi connectivity index (χ1n) is 8.37. The highest BCUT2D eigenvalue weighted by molar-refractivity contribution is 5.94. The Morgan fingerprint density at radius 1 is 0.750 bits per heavy atom. The zero-order chi connectivity index (χ0) is 16.9. The molecule has 0 unspecified atom stereocenters. The molecule has 0 amide bonds. The van der Waals surface area contributed by atoms with Crippen LogP contribution in [0.15, 0.2) is 83.9 Å².